The minimum absolute atomic E-state index is 0.0389. The van der Waals surface area contributed by atoms with Gasteiger partial charge in [0.25, 0.3) is 0 Å². The fourth-order valence-corrected chi connectivity index (χ4v) is 3.90. The summed E-state index contributed by atoms with van der Waals surface area (Å²) < 4.78 is 5.66. The van der Waals surface area contributed by atoms with E-state index in [0.717, 1.165) is 23.5 Å². The highest BCUT2D eigenvalue weighted by Gasteiger charge is 2.29. The van der Waals surface area contributed by atoms with Crippen LogP contribution in [-0.4, -0.2) is 16.8 Å². The van der Waals surface area contributed by atoms with Gasteiger partial charge in [0.1, 0.15) is 23.5 Å². The summed E-state index contributed by atoms with van der Waals surface area (Å²) in [4.78, 5) is 0.843. The van der Waals surface area contributed by atoms with Crippen molar-refractivity contribution in [3.63, 3.8) is 0 Å². The number of phenols is 2. The number of fused-ring (bicyclic) bond motifs is 1. The van der Waals surface area contributed by atoms with Gasteiger partial charge < -0.3 is 14.9 Å². The number of aromatic hydroxyl groups is 2. The molecule has 0 aliphatic carbocycles. The predicted molar refractivity (Wildman–Crippen MR) is 70.9 cm³/mol. The minimum Gasteiger partial charge on any atom is -0.507 e. The van der Waals surface area contributed by atoms with Gasteiger partial charge in [0.15, 0.2) is 11.5 Å². The van der Waals surface area contributed by atoms with Gasteiger partial charge in [-0.25, -0.2) is 0 Å². The maximum absolute atomic E-state index is 10.1. The molecule has 1 aromatic carbocycles. The van der Waals surface area contributed by atoms with E-state index in [1.165, 1.54) is 6.07 Å². The molecule has 1 heterocycles. The van der Waals surface area contributed by atoms with Crippen LogP contribution in [0, 0.1) is 22.7 Å². The van der Waals surface area contributed by atoms with Gasteiger partial charge in [-0.3, -0.25) is 0 Å². The lowest BCUT2D eigenvalue weighted by atomic mass is 10.3. The molecular weight excluding hydrogens is 284 g/mol. The molecule has 2 N–H and O–H groups in total. The Morgan fingerprint density at radius 1 is 1.26 bits per heavy atom. The van der Waals surface area contributed by atoms with E-state index in [-0.39, 0.29) is 22.8 Å². The van der Waals surface area contributed by atoms with Gasteiger partial charge in [0.2, 0.25) is 0 Å². The molecule has 0 spiro atoms. The summed E-state index contributed by atoms with van der Waals surface area (Å²) in [7, 11) is 0. The van der Waals surface area contributed by atoms with Crippen LogP contribution in [0.25, 0.3) is 0 Å². The van der Waals surface area contributed by atoms with E-state index in [1.807, 2.05) is 0 Å². The molecule has 7 heteroatoms. The summed E-state index contributed by atoms with van der Waals surface area (Å²) in [5.41, 5.74) is -0.0389. The lowest BCUT2D eigenvalue weighted by Gasteiger charge is -2.09. The van der Waals surface area contributed by atoms with Crippen molar-refractivity contribution in [2.45, 2.75) is 16.7 Å². The Morgan fingerprint density at radius 2 is 1.89 bits per heavy atom. The molecule has 0 saturated carbocycles. The van der Waals surface area contributed by atoms with Crippen LogP contribution >= 0.6 is 23.5 Å². The van der Waals surface area contributed by atoms with E-state index in [2.05, 4.69) is 0 Å². The molecule has 0 atom stereocenters. The molecule has 0 fully saturated rings. The van der Waals surface area contributed by atoms with Crippen molar-refractivity contribution in [1.82, 2.24) is 0 Å². The molecule has 0 amide bonds. The zero-order chi connectivity index (χ0) is 14.0. The Morgan fingerprint density at radius 3 is 2.47 bits per heavy atom. The number of rotatable bonds is 2. The first-order valence-corrected chi connectivity index (χ1v) is 6.87. The summed E-state index contributed by atoms with van der Waals surface area (Å²) in [5.74, 6) is 0.0555. The third kappa shape index (κ3) is 2.30. The molecule has 1 aromatic rings. The maximum Gasteiger partial charge on any atom is 0.173 e. The molecule has 0 aromatic heterocycles. The summed E-state index contributed by atoms with van der Waals surface area (Å²) >= 11 is 2.17. The van der Waals surface area contributed by atoms with E-state index in [4.69, 9.17) is 15.3 Å². The predicted octanol–water partition coefficient (Wildman–Crippen LogP) is 2.95. The third-order valence-electron chi connectivity index (χ3n) is 2.27. The first-order chi connectivity index (χ1) is 9.12. The Hall–Kier alpha value is -1.96. The number of benzene rings is 1. The Labute approximate surface area is 118 Å². The number of nitrogens with zero attached hydrogens (tertiary/aromatic N) is 2. The molecule has 2 rings (SSSR count). The number of ether oxygens (including phenoxy) is 1. The molecule has 96 valence electrons. The van der Waals surface area contributed by atoms with Gasteiger partial charge in [-0.1, -0.05) is 23.5 Å². The molecular formula is C12H8N2O3S2. The largest absolute Gasteiger partial charge is 0.507 e. The summed E-state index contributed by atoms with van der Waals surface area (Å²) in [6.45, 7) is 2.12. The van der Waals surface area contributed by atoms with Crippen LogP contribution in [0.3, 0.4) is 0 Å². The van der Waals surface area contributed by atoms with Gasteiger partial charge in [0.05, 0.1) is 20.6 Å². The van der Waals surface area contributed by atoms with Crippen molar-refractivity contribution in [1.29, 1.82) is 10.5 Å². The second-order valence-electron chi connectivity index (χ2n) is 3.42. The van der Waals surface area contributed by atoms with E-state index in [1.54, 1.807) is 19.1 Å². The van der Waals surface area contributed by atoms with Crippen LogP contribution in [0.15, 0.2) is 25.7 Å². The van der Waals surface area contributed by atoms with Crippen LogP contribution in [0.1, 0.15) is 6.92 Å². The second kappa shape index (κ2) is 5.35. The van der Waals surface area contributed by atoms with Crippen LogP contribution in [0.5, 0.6) is 17.2 Å². The number of hydrogen-bond donors (Lipinski definition) is 2. The first kappa shape index (κ1) is 13.5. The lowest BCUT2D eigenvalue weighted by Crippen LogP contribution is -1.92. The van der Waals surface area contributed by atoms with E-state index in [9.17, 15) is 10.2 Å². The van der Waals surface area contributed by atoms with Crippen molar-refractivity contribution in [3.8, 4) is 29.4 Å². The number of phenolic OH excluding ortho intramolecular Hbond substituents is 2. The molecule has 19 heavy (non-hydrogen) atoms. The third-order valence-corrected chi connectivity index (χ3v) is 4.90. The fourth-order valence-electron chi connectivity index (χ4n) is 1.48. The van der Waals surface area contributed by atoms with Crippen molar-refractivity contribution >= 4 is 23.5 Å². The van der Waals surface area contributed by atoms with Gasteiger partial charge >= 0.3 is 0 Å². The Bertz CT molecular complexity index is 640. The highest BCUT2D eigenvalue weighted by atomic mass is 32.2. The smallest absolute Gasteiger partial charge is 0.173 e. The van der Waals surface area contributed by atoms with Crippen LogP contribution in [-0.2, 0) is 0 Å². The molecule has 5 nitrogen and oxygen atoms in total. The van der Waals surface area contributed by atoms with Gasteiger partial charge in [0, 0.05) is 6.07 Å². The average Bonchev–Trinajstić information content (AvgIpc) is 2.83. The zero-order valence-corrected chi connectivity index (χ0v) is 11.4. The monoisotopic (exact) mass is 292 g/mol. The van der Waals surface area contributed by atoms with Crippen molar-refractivity contribution in [2.24, 2.45) is 0 Å². The number of hydrogen-bond acceptors (Lipinski definition) is 7. The minimum atomic E-state index is -0.0858. The van der Waals surface area contributed by atoms with Gasteiger partial charge in [-0.15, -0.1) is 0 Å². The fraction of sp³-hybridized carbons (Fsp3) is 0.167. The van der Waals surface area contributed by atoms with Crippen molar-refractivity contribution < 1.29 is 14.9 Å². The molecule has 0 unspecified atom stereocenters. The van der Waals surface area contributed by atoms with Crippen molar-refractivity contribution in [2.75, 3.05) is 6.61 Å². The van der Waals surface area contributed by atoms with Crippen molar-refractivity contribution in [3.05, 3.63) is 15.9 Å². The second-order valence-corrected chi connectivity index (χ2v) is 5.72. The number of nitriles is 2. The highest BCUT2D eigenvalue weighted by Crippen LogP contribution is 2.60. The quantitative estimate of drug-likeness (QED) is 0.638. The molecule has 0 radical (unpaired) electrons. The normalized spacial score (nSPS) is 12.5. The summed E-state index contributed by atoms with van der Waals surface area (Å²) in [5, 5.41) is 37.6. The highest BCUT2D eigenvalue weighted by molar-refractivity contribution is 8.24. The Kier molecular flexibility index (Phi) is 3.79. The summed E-state index contributed by atoms with van der Waals surface area (Å²) in [6, 6.07) is 4.91. The SMILES string of the molecule is CCOc1cc(O)c2c(c1O)SC(=C(C#N)C#N)S2. The van der Waals surface area contributed by atoms with E-state index in [0.29, 0.717) is 20.6 Å². The van der Waals surface area contributed by atoms with Gasteiger partial charge in [-0.2, -0.15) is 10.5 Å². The Balaban J connectivity index is 2.53. The molecule has 0 saturated heterocycles. The van der Waals surface area contributed by atoms with E-state index >= 15 is 0 Å². The molecule has 1 aliphatic rings. The zero-order valence-electron chi connectivity index (χ0n) is 9.80. The maximum atomic E-state index is 10.1. The topological polar surface area (TPSA) is 97.3 Å². The number of allylic oxidation sites excluding steroid dienone is 1. The number of thioether (sulfide) groups is 2. The van der Waals surface area contributed by atoms with Gasteiger partial charge in [-0.05, 0) is 6.92 Å². The molecule has 1 aliphatic heterocycles. The lowest BCUT2D eigenvalue weighted by molar-refractivity contribution is 0.310. The standard InChI is InChI=1S/C12H8N2O3S2/c1-2-17-8-3-7(15)10-11(9(8)16)19-12(18-10)6(4-13)5-14/h3,15-16H,2H2,1H3. The van der Waals surface area contributed by atoms with Crippen LogP contribution in [0.4, 0.5) is 0 Å². The van der Waals surface area contributed by atoms with Crippen LogP contribution in [0.2, 0.25) is 0 Å². The van der Waals surface area contributed by atoms with Crippen LogP contribution < -0.4 is 4.74 Å². The van der Waals surface area contributed by atoms with E-state index < -0.39 is 0 Å². The first-order valence-electron chi connectivity index (χ1n) is 5.24. The average molecular weight is 292 g/mol. The molecule has 0 bridgehead atoms. The summed E-state index contributed by atoms with van der Waals surface area (Å²) in [6.07, 6.45) is 0.